The number of carbonyl (C=O) groups is 2. The first-order chi connectivity index (χ1) is 13.5. The van der Waals surface area contributed by atoms with E-state index in [0.29, 0.717) is 50.0 Å². The molecule has 2 aliphatic rings. The number of hydrogen-bond acceptors (Lipinski definition) is 3. The van der Waals surface area contributed by atoms with E-state index in [1.54, 1.807) is 12.1 Å². The molecule has 154 valence electrons. The first kappa shape index (κ1) is 20.8. The van der Waals surface area contributed by atoms with Gasteiger partial charge in [-0.25, -0.2) is 4.39 Å². The average Bonchev–Trinajstić information content (AvgIpc) is 2.95. The Bertz CT molecular complexity index is 676. The lowest BCUT2D eigenvalue weighted by atomic mass is 9.84. The molecule has 6 heteroatoms. The van der Waals surface area contributed by atoms with E-state index in [-0.39, 0.29) is 24.1 Å². The summed E-state index contributed by atoms with van der Waals surface area (Å²) >= 11 is 0. The molecule has 0 spiro atoms. The van der Waals surface area contributed by atoms with Crippen molar-refractivity contribution >= 4 is 11.8 Å². The molecule has 5 nitrogen and oxygen atoms in total. The second kappa shape index (κ2) is 10.0. The van der Waals surface area contributed by atoms with Crippen LogP contribution in [0.1, 0.15) is 38.2 Å². The molecule has 1 N–H and O–H groups in total. The highest BCUT2D eigenvalue weighted by atomic mass is 19.1. The Morgan fingerprint density at radius 1 is 1.11 bits per heavy atom. The fraction of sp³-hybridized carbons (Fsp3) is 0.636. The van der Waals surface area contributed by atoms with Crippen LogP contribution in [0.2, 0.25) is 0 Å². The van der Waals surface area contributed by atoms with Crippen LogP contribution >= 0.6 is 0 Å². The lowest BCUT2D eigenvalue weighted by molar-refractivity contribution is -0.134. The molecule has 0 saturated carbocycles. The lowest BCUT2D eigenvalue weighted by Crippen LogP contribution is -2.39. The zero-order valence-electron chi connectivity index (χ0n) is 16.8. The predicted molar refractivity (Wildman–Crippen MR) is 107 cm³/mol. The van der Waals surface area contributed by atoms with Gasteiger partial charge >= 0.3 is 0 Å². The summed E-state index contributed by atoms with van der Waals surface area (Å²) in [6.45, 7) is 6.81. The van der Waals surface area contributed by atoms with E-state index >= 15 is 0 Å². The Hall–Kier alpha value is -1.95. The number of amides is 2. The van der Waals surface area contributed by atoms with E-state index < -0.39 is 0 Å². The number of carbonyl (C=O) groups excluding carboxylic acids is 2. The van der Waals surface area contributed by atoms with Crippen LogP contribution in [0.4, 0.5) is 4.39 Å². The molecule has 0 bridgehead atoms. The molecule has 2 amide bonds. The van der Waals surface area contributed by atoms with Crippen LogP contribution in [-0.4, -0.2) is 60.9 Å². The number of rotatable bonds is 5. The third kappa shape index (κ3) is 5.77. The highest BCUT2D eigenvalue weighted by Gasteiger charge is 2.26. The van der Waals surface area contributed by atoms with Crippen molar-refractivity contribution in [1.82, 2.24) is 15.1 Å². The topological polar surface area (TPSA) is 52.7 Å². The predicted octanol–water partition coefficient (Wildman–Crippen LogP) is 2.45. The van der Waals surface area contributed by atoms with Crippen molar-refractivity contribution in [3.05, 3.63) is 35.6 Å². The molecule has 1 aromatic carbocycles. The van der Waals surface area contributed by atoms with Crippen molar-refractivity contribution in [2.75, 3.05) is 39.3 Å². The van der Waals surface area contributed by atoms with Gasteiger partial charge in [-0.1, -0.05) is 19.1 Å². The molecule has 3 rings (SSSR count). The fourth-order valence-corrected chi connectivity index (χ4v) is 4.33. The Labute approximate surface area is 167 Å². The molecular weight excluding hydrogens is 357 g/mol. The maximum atomic E-state index is 13.3. The standard InChI is InChI=1S/C22H32FN3O2/c1-17(19-6-8-24-9-7-19)14-21(27)25-10-3-11-26(13-12-25)22(28)16-18-4-2-5-20(23)15-18/h2,4-5,15,17,19,24H,3,6-14,16H2,1H3. The van der Waals surface area contributed by atoms with Crippen LogP contribution in [0, 0.1) is 17.7 Å². The molecule has 2 heterocycles. The maximum absolute atomic E-state index is 13.3. The van der Waals surface area contributed by atoms with Crippen LogP contribution < -0.4 is 5.32 Å². The second-order valence-corrected chi connectivity index (χ2v) is 8.19. The molecule has 0 radical (unpaired) electrons. The van der Waals surface area contributed by atoms with Crippen molar-refractivity contribution in [3.63, 3.8) is 0 Å². The zero-order valence-corrected chi connectivity index (χ0v) is 16.8. The minimum Gasteiger partial charge on any atom is -0.341 e. The summed E-state index contributed by atoms with van der Waals surface area (Å²) in [4.78, 5) is 29.1. The Morgan fingerprint density at radius 3 is 2.46 bits per heavy atom. The largest absolute Gasteiger partial charge is 0.341 e. The van der Waals surface area contributed by atoms with Gasteiger partial charge in [-0.3, -0.25) is 9.59 Å². The van der Waals surface area contributed by atoms with Crippen LogP contribution in [0.25, 0.3) is 0 Å². The van der Waals surface area contributed by atoms with E-state index in [1.165, 1.54) is 12.1 Å². The van der Waals surface area contributed by atoms with Gasteiger partial charge < -0.3 is 15.1 Å². The SMILES string of the molecule is CC(CC(=O)N1CCCN(C(=O)Cc2cccc(F)c2)CC1)C1CCNCC1. The van der Waals surface area contributed by atoms with Crippen molar-refractivity contribution in [1.29, 1.82) is 0 Å². The van der Waals surface area contributed by atoms with Gasteiger partial charge in [0.1, 0.15) is 5.82 Å². The fourth-order valence-electron chi connectivity index (χ4n) is 4.33. The second-order valence-electron chi connectivity index (χ2n) is 8.19. The van der Waals surface area contributed by atoms with Gasteiger partial charge in [-0.15, -0.1) is 0 Å². The van der Waals surface area contributed by atoms with Gasteiger partial charge in [-0.05, 0) is 61.9 Å². The number of piperidine rings is 1. The van der Waals surface area contributed by atoms with Crippen molar-refractivity contribution in [2.24, 2.45) is 11.8 Å². The Kier molecular flexibility index (Phi) is 7.43. The summed E-state index contributed by atoms with van der Waals surface area (Å²) < 4.78 is 13.3. The summed E-state index contributed by atoms with van der Waals surface area (Å²) in [5, 5.41) is 3.38. The highest BCUT2D eigenvalue weighted by molar-refractivity contribution is 5.79. The normalized spacial score (nSPS) is 19.9. The summed E-state index contributed by atoms with van der Waals surface area (Å²) in [5.41, 5.74) is 0.693. The number of nitrogens with zero attached hydrogens (tertiary/aromatic N) is 2. The van der Waals surface area contributed by atoms with Crippen molar-refractivity contribution in [3.8, 4) is 0 Å². The average molecular weight is 390 g/mol. The van der Waals surface area contributed by atoms with Gasteiger partial charge in [0.15, 0.2) is 0 Å². The molecule has 1 unspecified atom stereocenters. The van der Waals surface area contributed by atoms with E-state index in [2.05, 4.69) is 12.2 Å². The summed E-state index contributed by atoms with van der Waals surface area (Å²) in [6, 6.07) is 6.20. The van der Waals surface area contributed by atoms with Gasteiger partial charge in [0.2, 0.25) is 11.8 Å². The first-order valence-corrected chi connectivity index (χ1v) is 10.5. The van der Waals surface area contributed by atoms with E-state index in [4.69, 9.17) is 0 Å². The molecule has 0 aromatic heterocycles. The lowest BCUT2D eigenvalue weighted by Gasteiger charge is -2.30. The minimum atomic E-state index is -0.319. The molecule has 1 atom stereocenters. The summed E-state index contributed by atoms with van der Waals surface area (Å²) in [6.07, 6.45) is 3.90. The smallest absolute Gasteiger partial charge is 0.227 e. The van der Waals surface area contributed by atoms with Crippen LogP contribution in [0.15, 0.2) is 24.3 Å². The minimum absolute atomic E-state index is 0.00275. The molecule has 1 aromatic rings. The number of benzene rings is 1. The van der Waals surface area contributed by atoms with E-state index in [9.17, 15) is 14.0 Å². The van der Waals surface area contributed by atoms with Crippen LogP contribution in [0.3, 0.4) is 0 Å². The summed E-state index contributed by atoms with van der Waals surface area (Å²) in [7, 11) is 0. The van der Waals surface area contributed by atoms with Crippen LogP contribution in [0.5, 0.6) is 0 Å². The number of hydrogen-bond donors (Lipinski definition) is 1. The zero-order chi connectivity index (χ0) is 19.9. The third-order valence-corrected chi connectivity index (χ3v) is 6.13. The third-order valence-electron chi connectivity index (χ3n) is 6.13. The van der Waals surface area contributed by atoms with Crippen LogP contribution in [-0.2, 0) is 16.0 Å². The molecule has 2 saturated heterocycles. The molecule has 28 heavy (non-hydrogen) atoms. The van der Waals surface area contributed by atoms with E-state index in [1.807, 2.05) is 9.80 Å². The molecule has 2 fully saturated rings. The molecular formula is C22H32FN3O2. The summed E-state index contributed by atoms with van der Waals surface area (Å²) in [5.74, 6) is 0.930. The number of nitrogens with one attached hydrogen (secondary N) is 1. The van der Waals surface area contributed by atoms with Crippen molar-refractivity contribution < 1.29 is 14.0 Å². The quantitative estimate of drug-likeness (QED) is 0.842. The Balaban J connectivity index is 1.48. The highest BCUT2D eigenvalue weighted by Crippen LogP contribution is 2.25. The van der Waals surface area contributed by atoms with Gasteiger partial charge in [0.05, 0.1) is 6.42 Å². The maximum Gasteiger partial charge on any atom is 0.227 e. The molecule has 2 aliphatic heterocycles. The van der Waals surface area contributed by atoms with Crippen molar-refractivity contribution in [2.45, 2.75) is 39.0 Å². The number of halogens is 1. The monoisotopic (exact) mass is 389 g/mol. The Morgan fingerprint density at radius 2 is 1.79 bits per heavy atom. The van der Waals surface area contributed by atoms with Gasteiger partial charge in [0, 0.05) is 32.6 Å². The van der Waals surface area contributed by atoms with Gasteiger partial charge in [0.25, 0.3) is 0 Å². The van der Waals surface area contributed by atoms with E-state index in [0.717, 1.165) is 32.4 Å². The first-order valence-electron chi connectivity index (χ1n) is 10.5. The molecule has 0 aliphatic carbocycles. The van der Waals surface area contributed by atoms with Gasteiger partial charge in [-0.2, -0.15) is 0 Å².